The second kappa shape index (κ2) is 7.51. The van der Waals surface area contributed by atoms with Crippen molar-refractivity contribution in [3.05, 3.63) is 0 Å². The number of hydrogen-bond donors (Lipinski definition) is 2. The molecule has 0 aromatic rings. The molecule has 0 amide bonds. The predicted octanol–water partition coefficient (Wildman–Crippen LogP) is -1.55. The number of aliphatic hydroxyl groups is 2. The molecule has 0 rings (SSSR count). The van der Waals surface area contributed by atoms with E-state index in [1.54, 1.807) is 0 Å². The first-order valence-electron chi connectivity index (χ1n) is 3.73. The fourth-order valence-electron chi connectivity index (χ4n) is 0.539. The van der Waals surface area contributed by atoms with E-state index in [9.17, 15) is 9.59 Å². The van der Waals surface area contributed by atoms with Crippen molar-refractivity contribution in [1.82, 2.24) is 0 Å². The molecule has 0 spiro atoms. The van der Waals surface area contributed by atoms with Crippen molar-refractivity contribution < 1.29 is 29.3 Å². The summed E-state index contributed by atoms with van der Waals surface area (Å²) in [7, 11) is 0. The number of rotatable bonds is 6. The zero-order valence-corrected chi connectivity index (χ0v) is 7.06. The summed E-state index contributed by atoms with van der Waals surface area (Å²) in [5.41, 5.74) is 0. The van der Waals surface area contributed by atoms with E-state index < -0.39 is 18.4 Å². The maximum atomic E-state index is 10.7. The van der Waals surface area contributed by atoms with E-state index in [2.05, 4.69) is 9.47 Å². The first-order valence-corrected chi connectivity index (χ1v) is 3.73. The maximum Gasteiger partial charge on any atom is 0.317 e. The summed E-state index contributed by atoms with van der Waals surface area (Å²) in [6, 6.07) is 0. The Kier molecular flexibility index (Phi) is 6.85. The number of aliphatic hydroxyl groups excluding tert-OH is 2. The standard InChI is InChI=1S/C7H12O6/c8-1-3-12-6(10)5-7(11)13-4-2-9/h8-9H,1-5H2. The van der Waals surface area contributed by atoms with Crippen molar-refractivity contribution in [2.24, 2.45) is 0 Å². The van der Waals surface area contributed by atoms with Gasteiger partial charge in [0.05, 0.1) is 13.2 Å². The van der Waals surface area contributed by atoms with E-state index in [1.165, 1.54) is 0 Å². The molecule has 0 unspecified atom stereocenters. The van der Waals surface area contributed by atoms with Gasteiger partial charge in [0.25, 0.3) is 0 Å². The minimum absolute atomic E-state index is 0.133. The molecule has 0 aliphatic heterocycles. The molecule has 0 saturated heterocycles. The maximum absolute atomic E-state index is 10.7. The topological polar surface area (TPSA) is 93.1 Å². The van der Waals surface area contributed by atoms with E-state index in [1.807, 2.05) is 0 Å². The van der Waals surface area contributed by atoms with Gasteiger partial charge in [-0.2, -0.15) is 0 Å². The minimum Gasteiger partial charge on any atom is -0.463 e. The molecule has 0 atom stereocenters. The number of esters is 2. The van der Waals surface area contributed by atoms with Crippen molar-refractivity contribution in [1.29, 1.82) is 0 Å². The molecule has 0 aliphatic carbocycles. The Morgan fingerprint density at radius 3 is 1.62 bits per heavy atom. The third-order valence-corrected chi connectivity index (χ3v) is 0.997. The Bertz CT molecular complexity index is 148. The fourth-order valence-corrected chi connectivity index (χ4v) is 0.539. The van der Waals surface area contributed by atoms with Gasteiger partial charge in [0.2, 0.25) is 0 Å². The lowest BCUT2D eigenvalue weighted by molar-refractivity contribution is -0.155. The molecular formula is C7H12O6. The van der Waals surface area contributed by atoms with Gasteiger partial charge in [0.1, 0.15) is 19.6 Å². The summed E-state index contributed by atoms with van der Waals surface area (Å²) in [6.45, 7) is -0.826. The molecule has 2 N–H and O–H groups in total. The third-order valence-electron chi connectivity index (χ3n) is 0.997. The van der Waals surface area contributed by atoms with Crippen LogP contribution in [0.5, 0.6) is 0 Å². The van der Waals surface area contributed by atoms with Crippen LogP contribution < -0.4 is 0 Å². The van der Waals surface area contributed by atoms with E-state index in [0.717, 1.165) is 0 Å². The minimum atomic E-state index is -0.753. The molecule has 6 heteroatoms. The lowest BCUT2D eigenvalue weighted by atomic mass is 10.4. The van der Waals surface area contributed by atoms with Gasteiger partial charge in [-0.25, -0.2) is 0 Å². The molecule has 0 radical (unpaired) electrons. The first kappa shape index (κ1) is 11.9. The normalized spacial score (nSPS) is 9.38. The zero-order chi connectivity index (χ0) is 10.1. The highest BCUT2D eigenvalue weighted by atomic mass is 16.6. The Morgan fingerprint density at radius 2 is 1.31 bits per heavy atom. The van der Waals surface area contributed by atoms with Crippen LogP contribution in [0.15, 0.2) is 0 Å². The number of carbonyl (C=O) groups is 2. The Hall–Kier alpha value is -1.14. The van der Waals surface area contributed by atoms with E-state index in [-0.39, 0.29) is 26.4 Å². The molecule has 0 aromatic carbocycles. The van der Waals surface area contributed by atoms with Crippen LogP contribution in [0, 0.1) is 0 Å². The quantitative estimate of drug-likeness (QED) is 0.391. The molecule has 13 heavy (non-hydrogen) atoms. The molecule has 0 saturated carbocycles. The van der Waals surface area contributed by atoms with Crippen LogP contribution in [-0.4, -0.2) is 48.6 Å². The summed E-state index contributed by atoms with van der Waals surface area (Å²) in [6.07, 6.45) is -0.500. The highest BCUT2D eigenvalue weighted by Crippen LogP contribution is 1.90. The van der Waals surface area contributed by atoms with Crippen LogP contribution in [-0.2, 0) is 19.1 Å². The Labute approximate surface area is 75.1 Å². The van der Waals surface area contributed by atoms with Gasteiger partial charge in [0, 0.05) is 0 Å². The smallest absolute Gasteiger partial charge is 0.317 e. The van der Waals surface area contributed by atoms with E-state index in [0.29, 0.717) is 0 Å². The van der Waals surface area contributed by atoms with Crippen LogP contribution in [0.3, 0.4) is 0 Å². The summed E-state index contributed by atoms with van der Waals surface area (Å²) < 4.78 is 8.78. The van der Waals surface area contributed by atoms with Crippen molar-refractivity contribution in [3.8, 4) is 0 Å². The first-order chi connectivity index (χ1) is 6.20. The average Bonchev–Trinajstić information content (AvgIpc) is 2.11. The summed E-state index contributed by atoms with van der Waals surface area (Å²) in [5, 5.41) is 16.5. The van der Waals surface area contributed by atoms with Crippen LogP contribution >= 0.6 is 0 Å². The van der Waals surface area contributed by atoms with Crippen LogP contribution in [0.2, 0.25) is 0 Å². The molecule has 0 aliphatic rings. The second-order valence-electron chi connectivity index (χ2n) is 2.06. The second-order valence-corrected chi connectivity index (χ2v) is 2.06. The van der Waals surface area contributed by atoms with Gasteiger partial charge < -0.3 is 19.7 Å². The zero-order valence-electron chi connectivity index (χ0n) is 7.06. The number of ether oxygens (including phenoxy) is 2. The Balaban J connectivity index is 3.47. The van der Waals surface area contributed by atoms with Gasteiger partial charge >= 0.3 is 11.9 Å². The molecule has 0 fully saturated rings. The van der Waals surface area contributed by atoms with Crippen molar-refractivity contribution in [3.63, 3.8) is 0 Å². The number of hydrogen-bond acceptors (Lipinski definition) is 6. The third kappa shape index (κ3) is 7.23. The van der Waals surface area contributed by atoms with Crippen LogP contribution in [0.25, 0.3) is 0 Å². The molecule has 0 bridgehead atoms. The molecule has 0 heterocycles. The van der Waals surface area contributed by atoms with Gasteiger partial charge in [0.15, 0.2) is 0 Å². The van der Waals surface area contributed by atoms with Gasteiger partial charge in [-0.1, -0.05) is 0 Å². The van der Waals surface area contributed by atoms with Crippen LogP contribution in [0.4, 0.5) is 0 Å². The summed E-state index contributed by atoms with van der Waals surface area (Å²) >= 11 is 0. The van der Waals surface area contributed by atoms with Crippen molar-refractivity contribution in [2.45, 2.75) is 6.42 Å². The fraction of sp³-hybridized carbons (Fsp3) is 0.714. The SMILES string of the molecule is O=C(CC(=O)OCCO)OCCO. The van der Waals surface area contributed by atoms with Gasteiger partial charge in [-0.15, -0.1) is 0 Å². The van der Waals surface area contributed by atoms with E-state index in [4.69, 9.17) is 10.2 Å². The Morgan fingerprint density at radius 1 is 0.923 bits per heavy atom. The molecule has 76 valence electrons. The monoisotopic (exact) mass is 192 g/mol. The highest BCUT2D eigenvalue weighted by Gasteiger charge is 2.10. The lowest BCUT2D eigenvalue weighted by Crippen LogP contribution is -2.16. The van der Waals surface area contributed by atoms with Gasteiger partial charge in [-0.3, -0.25) is 9.59 Å². The average molecular weight is 192 g/mol. The largest absolute Gasteiger partial charge is 0.463 e. The molecular weight excluding hydrogens is 180 g/mol. The predicted molar refractivity (Wildman–Crippen MR) is 40.7 cm³/mol. The van der Waals surface area contributed by atoms with Crippen molar-refractivity contribution in [2.75, 3.05) is 26.4 Å². The molecule has 6 nitrogen and oxygen atoms in total. The van der Waals surface area contributed by atoms with Crippen molar-refractivity contribution >= 4 is 11.9 Å². The highest BCUT2D eigenvalue weighted by molar-refractivity contribution is 5.91. The number of carbonyl (C=O) groups excluding carboxylic acids is 2. The van der Waals surface area contributed by atoms with Crippen LogP contribution in [0.1, 0.15) is 6.42 Å². The lowest BCUT2D eigenvalue weighted by Gasteiger charge is -2.02. The summed E-state index contributed by atoms with van der Waals surface area (Å²) in [5.74, 6) is -1.51. The van der Waals surface area contributed by atoms with E-state index >= 15 is 0 Å². The van der Waals surface area contributed by atoms with Gasteiger partial charge in [-0.05, 0) is 0 Å². The molecule has 0 aromatic heterocycles. The summed E-state index contributed by atoms with van der Waals surface area (Å²) in [4.78, 5) is 21.4.